The second kappa shape index (κ2) is 6.65. The van der Waals surface area contributed by atoms with Crippen molar-refractivity contribution >= 4 is 11.8 Å². The van der Waals surface area contributed by atoms with Crippen molar-refractivity contribution in [2.24, 2.45) is 0 Å². The quantitative estimate of drug-likeness (QED) is 0.862. The van der Waals surface area contributed by atoms with E-state index in [1.807, 2.05) is 52.0 Å². The third-order valence-corrected chi connectivity index (χ3v) is 3.50. The van der Waals surface area contributed by atoms with Gasteiger partial charge in [0, 0.05) is 11.1 Å². The molecule has 0 aliphatic rings. The number of hydrogen-bond acceptors (Lipinski definition) is 2. The van der Waals surface area contributed by atoms with Crippen LogP contribution in [0.3, 0.4) is 0 Å². The number of hydrazine groups is 1. The smallest absolute Gasteiger partial charge is 0.267 e. The lowest BCUT2D eigenvalue weighted by Crippen LogP contribution is -2.56. The first kappa shape index (κ1) is 16.7. The molecular weight excluding hydrogens is 288 g/mol. The molecule has 0 aromatic heterocycles. The Morgan fingerprint density at radius 2 is 1.48 bits per heavy atom. The molecule has 4 nitrogen and oxygen atoms in total. The zero-order chi connectivity index (χ0) is 17.0. The Balaban J connectivity index is 2.30. The molecule has 0 unspecified atom stereocenters. The molecule has 0 bridgehead atoms. The predicted molar refractivity (Wildman–Crippen MR) is 91.0 cm³/mol. The molecule has 4 heteroatoms. The topological polar surface area (TPSA) is 49.4 Å². The number of nitrogens with one attached hydrogen (secondary N) is 1. The molecule has 0 heterocycles. The Morgan fingerprint density at radius 3 is 2.04 bits per heavy atom. The van der Waals surface area contributed by atoms with Gasteiger partial charge in [0.05, 0.1) is 5.54 Å². The van der Waals surface area contributed by atoms with Crippen LogP contribution in [0.5, 0.6) is 0 Å². The minimum Gasteiger partial charge on any atom is -0.267 e. The van der Waals surface area contributed by atoms with Crippen molar-refractivity contribution in [1.82, 2.24) is 10.4 Å². The lowest BCUT2D eigenvalue weighted by atomic mass is 10.0. The van der Waals surface area contributed by atoms with Crippen molar-refractivity contribution in [3.05, 3.63) is 71.3 Å². The fourth-order valence-electron chi connectivity index (χ4n) is 2.21. The number of nitrogens with zero attached hydrogens (tertiary/aromatic N) is 1. The van der Waals surface area contributed by atoms with E-state index >= 15 is 0 Å². The van der Waals surface area contributed by atoms with Crippen molar-refractivity contribution in [3.8, 4) is 0 Å². The highest BCUT2D eigenvalue weighted by molar-refractivity contribution is 6.00. The molecule has 2 aromatic carbocycles. The summed E-state index contributed by atoms with van der Waals surface area (Å²) in [5, 5.41) is 1.39. The van der Waals surface area contributed by atoms with Gasteiger partial charge in [0.2, 0.25) is 0 Å². The van der Waals surface area contributed by atoms with Gasteiger partial charge in [-0.3, -0.25) is 15.0 Å². The molecule has 2 rings (SSSR count). The maximum atomic E-state index is 12.9. The van der Waals surface area contributed by atoms with E-state index in [1.165, 1.54) is 5.01 Å². The molecule has 0 fully saturated rings. The summed E-state index contributed by atoms with van der Waals surface area (Å²) in [6.45, 7) is 7.53. The van der Waals surface area contributed by atoms with Crippen molar-refractivity contribution in [3.63, 3.8) is 0 Å². The van der Waals surface area contributed by atoms with E-state index in [1.54, 1.807) is 30.3 Å². The first-order valence-electron chi connectivity index (χ1n) is 7.57. The van der Waals surface area contributed by atoms with E-state index in [-0.39, 0.29) is 11.8 Å². The van der Waals surface area contributed by atoms with Crippen LogP contribution >= 0.6 is 0 Å². The van der Waals surface area contributed by atoms with Crippen LogP contribution < -0.4 is 5.43 Å². The average Bonchev–Trinajstić information content (AvgIpc) is 2.52. The zero-order valence-corrected chi connectivity index (χ0v) is 14.0. The van der Waals surface area contributed by atoms with Crippen LogP contribution in [-0.2, 0) is 0 Å². The molecule has 0 saturated carbocycles. The summed E-state index contributed by atoms with van der Waals surface area (Å²) < 4.78 is 0. The first-order chi connectivity index (χ1) is 10.8. The maximum absolute atomic E-state index is 12.9. The molecule has 2 aromatic rings. The first-order valence-corrected chi connectivity index (χ1v) is 7.57. The molecule has 0 spiro atoms. The van der Waals surface area contributed by atoms with Crippen LogP contribution in [0.25, 0.3) is 0 Å². The fraction of sp³-hybridized carbons (Fsp3) is 0.263. The fourth-order valence-corrected chi connectivity index (χ4v) is 2.21. The number of amides is 2. The Hall–Kier alpha value is -2.62. The summed E-state index contributed by atoms with van der Waals surface area (Å²) in [6.07, 6.45) is 0. The average molecular weight is 310 g/mol. The SMILES string of the molecule is Cc1ccccc1C(=O)N(NC(=O)c1ccccc1)C(C)(C)C. The van der Waals surface area contributed by atoms with Gasteiger partial charge < -0.3 is 0 Å². The number of hydrogen-bond donors (Lipinski definition) is 1. The summed E-state index contributed by atoms with van der Waals surface area (Å²) in [5.41, 5.74) is 4.16. The highest BCUT2D eigenvalue weighted by Crippen LogP contribution is 2.18. The van der Waals surface area contributed by atoms with Crippen molar-refractivity contribution < 1.29 is 9.59 Å². The van der Waals surface area contributed by atoms with E-state index in [9.17, 15) is 9.59 Å². The standard InChI is InChI=1S/C19H22N2O2/c1-14-10-8-9-13-16(14)18(23)21(19(2,3)4)20-17(22)15-11-6-5-7-12-15/h5-13H,1-4H3,(H,20,22). The van der Waals surface area contributed by atoms with Crippen LogP contribution in [0.1, 0.15) is 47.1 Å². The van der Waals surface area contributed by atoms with Gasteiger partial charge in [-0.15, -0.1) is 0 Å². The minimum atomic E-state index is -0.552. The van der Waals surface area contributed by atoms with Crippen molar-refractivity contribution in [2.75, 3.05) is 0 Å². The van der Waals surface area contributed by atoms with Crippen LogP contribution in [0, 0.1) is 6.92 Å². The molecular formula is C19H22N2O2. The predicted octanol–water partition coefficient (Wildman–Crippen LogP) is 3.58. The van der Waals surface area contributed by atoms with E-state index in [0.29, 0.717) is 11.1 Å². The monoisotopic (exact) mass is 310 g/mol. The number of rotatable bonds is 2. The number of benzene rings is 2. The Labute approximate surface area is 137 Å². The molecule has 0 radical (unpaired) electrons. The number of carbonyl (C=O) groups is 2. The number of carbonyl (C=O) groups excluding carboxylic acids is 2. The molecule has 0 atom stereocenters. The van der Waals surface area contributed by atoms with Gasteiger partial charge in [0.25, 0.3) is 11.8 Å². The summed E-state index contributed by atoms with van der Waals surface area (Å²) >= 11 is 0. The van der Waals surface area contributed by atoms with Gasteiger partial charge in [0.1, 0.15) is 0 Å². The molecule has 23 heavy (non-hydrogen) atoms. The largest absolute Gasteiger partial charge is 0.273 e. The lowest BCUT2D eigenvalue weighted by Gasteiger charge is -2.35. The van der Waals surface area contributed by atoms with Crippen molar-refractivity contribution in [1.29, 1.82) is 0 Å². The van der Waals surface area contributed by atoms with E-state index in [2.05, 4.69) is 5.43 Å². The molecule has 2 amide bonds. The van der Waals surface area contributed by atoms with Crippen LogP contribution in [0.4, 0.5) is 0 Å². The van der Waals surface area contributed by atoms with Gasteiger partial charge >= 0.3 is 0 Å². The summed E-state index contributed by atoms with van der Waals surface area (Å²) in [7, 11) is 0. The van der Waals surface area contributed by atoms with Gasteiger partial charge in [-0.05, 0) is 51.5 Å². The van der Waals surface area contributed by atoms with E-state index in [4.69, 9.17) is 0 Å². The Bertz CT molecular complexity index is 703. The summed E-state index contributed by atoms with van der Waals surface area (Å²) in [5.74, 6) is -0.526. The summed E-state index contributed by atoms with van der Waals surface area (Å²) in [4.78, 5) is 25.3. The second-order valence-corrected chi connectivity index (χ2v) is 6.43. The Morgan fingerprint density at radius 1 is 0.913 bits per heavy atom. The highest BCUT2D eigenvalue weighted by Gasteiger charge is 2.30. The maximum Gasteiger partial charge on any atom is 0.273 e. The molecule has 120 valence electrons. The normalized spacial score (nSPS) is 11.0. The van der Waals surface area contributed by atoms with Gasteiger partial charge in [-0.1, -0.05) is 36.4 Å². The molecule has 0 aliphatic heterocycles. The third kappa shape index (κ3) is 3.97. The van der Waals surface area contributed by atoms with Gasteiger partial charge in [-0.25, -0.2) is 5.01 Å². The van der Waals surface area contributed by atoms with Gasteiger partial charge in [0.15, 0.2) is 0 Å². The van der Waals surface area contributed by atoms with Crippen LogP contribution in [0.15, 0.2) is 54.6 Å². The van der Waals surface area contributed by atoms with Crippen LogP contribution in [-0.4, -0.2) is 22.4 Å². The van der Waals surface area contributed by atoms with Gasteiger partial charge in [-0.2, -0.15) is 0 Å². The minimum absolute atomic E-state index is 0.222. The third-order valence-electron chi connectivity index (χ3n) is 3.50. The molecule has 0 saturated heterocycles. The Kier molecular flexibility index (Phi) is 4.84. The zero-order valence-electron chi connectivity index (χ0n) is 14.0. The summed E-state index contributed by atoms with van der Waals surface area (Å²) in [6, 6.07) is 16.2. The second-order valence-electron chi connectivity index (χ2n) is 6.43. The van der Waals surface area contributed by atoms with Crippen molar-refractivity contribution in [2.45, 2.75) is 33.2 Å². The molecule has 1 N–H and O–H groups in total. The lowest BCUT2D eigenvalue weighted by molar-refractivity contribution is 0.0358. The van der Waals surface area contributed by atoms with E-state index in [0.717, 1.165) is 5.56 Å². The van der Waals surface area contributed by atoms with E-state index < -0.39 is 5.54 Å². The molecule has 0 aliphatic carbocycles. The highest BCUT2D eigenvalue weighted by atomic mass is 16.2. The number of aryl methyl sites for hydroxylation is 1. The van der Waals surface area contributed by atoms with Crippen LogP contribution in [0.2, 0.25) is 0 Å².